The molecule has 0 aromatic heterocycles. The zero-order chi connectivity index (χ0) is 31.2. The summed E-state index contributed by atoms with van der Waals surface area (Å²) in [5.41, 5.74) is 0. The predicted molar refractivity (Wildman–Crippen MR) is 192 cm³/mol. The number of rotatable bonds is 32. The molecule has 42 heavy (non-hydrogen) atoms. The molecule has 2 nitrogen and oxygen atoms in total. The van der Waals surface area contributed by atoms with Gasteiger partial charge in [0.1, 0.15) is 0 Å². The Kier molecular flexibility index (Phi) is 31.0. The molecular formula is C39H78O2Sn. The van der Waals surface area contributed by atoms with E-state index in [0.29, 0.717) is 0 Å². The van der Waals surface area contributed by atoms with Crippen LogP contribution < -0.4 is 0 Å². The molecule has 0 aliphatic rings. The normalized spacial score (nSPS) is 13.0. The predicted octanol–water partition coefficient (Wildman–Crippen LogP) is 14.1. The molecule has 0 unspecified atom stereocenters. The average Bonchev–Trinajstić information content (AvgIpc) is 2.98. The van der Waals surface area contributed by atoms with Crippen LogP contribution in [-0.2, 0) is 9.53 Å². The van der Waals surface area contributed by atoms with Gasteiger partial charge in [-0.2, -0.15) is 0 Å². The van der Waals surface area contributed by atoms with Crippen LogP contribution in [0.15, 0.2) is 9.67 Å². The van der Waals surface area contributed by atoms with Gasteiger partial charge in [0.25, 0.3) is 0 Å². The summed E-state index contributed by atoms with van der Waals surface area (Å²) in [5.74, 6) is -0.0658. The van der Waals surface area contributed by atoms with Gasteiger partial charge in [-0.3, -0.25) is 0 Å². The van der Waals surface area contributed by atoms with Crippen molar-refractivity contribution in [2.45, 2.75) is 228 Å². The first kappa shape index (κ1) is 42.0. The molecule has 3 heteroatoms. The molecule has 0 aromatic carbocycles. The number of ether oxygens (including phenoxy) is 1. The third-order valence-corrected chi connectivity index (χ3v) is 25.8. The first-order valence-corrected chi connectivity index (χ1v) is 26.9. The van der Waals surface area contributed by atoms with Gasteiger partial charge in [-0.25, -0.2) is 0 Å². The van der Waals surface area contributed by atoms with Crippen LogP contribution in [0.4, 0.5) is 0 Å². The summed E-state index contributed by atoms with van der Waals surface area (Å²) in [6.45, 7) is 13.3. The second-order valence-electron chi connectivity index (χ2n) is 13.6. The Bertz CT molecular complexity index is 592. The first-order valence-electron chi connectivity index (χ1n) is 19.4. The maximum atomic E-state index is 12.5. The Morgan fingerprint density at radius 3 is 1.26 bits per heavy atom. The fraction of sp³-hybridized carbons (Fsp3) is 0.923. The zero-order valence-electron chi connectivity index (χ0n) is 30.0. The van der Waals surface area contributed by atoms with Gasteiger partial charge in [0, 0.05) is 0 Å². The third-order valence-electron chi connectivity index (χ3n) is 9.54. The van der Waals surface area contributed by atoms with Crippen molar-refractivity contribution >= 4 is 24.3 Å². The van der Waals surface area contributed by atoms with Crippen LogP contribution in [0.3, 0.4) is 0 Å². The van der Waals surface area contributed by atoms with Crippen molar-refractivity contribution in [3.05, 3.63) is 9.67 Å². The summed E-state index contributed by atoms with van der Waals surface area (Å²) in [7, 11) is 0. The van der Waals surface area contributed by atoms with Gasteiger partial charge in [-0.05, 0) is 0 Å². The van der Waals surface area contributed by atoms with Gasteiger partial charge in [0.2, 0.25) is 0 Å². The van der Waals surface area contributed by atoms with Crippen molar-refractivity contribution in [3.8, 4) is 0 Å². The molecule has 0 aliphatic carbocycles. The number of unbranched alkanes of at least 4 members (excludes halogenated alkanes) is 20. The number of esters is 1. The van der Waals surface area contributed by atoms with E-state index in [-0.39, 0.29) is 12.1 Å². The SMILES string of the molecule is CCCCCCCCCCCCCC/C=[C](/[C@H](CCCCCCCC)OC(C)=O)[Sn]([CH2]CCC)([CH2]CCC)[CH2]CCC. The van der Waals surface area contributed by atoms with Crippen molar-refractivity contribution in [1.82, 2.24) is 0 Å². The molecular weight excluding hydrogens is 619 g/mol. The fourth-order valence-corrected chi connectivity index (χ4v) is 24.5. The van der Waals surface area contributed by atoms with Gasteiger partial charge >= 0.3 is 245 Å². The van der Waals surface area contributed by atoms with Crippen LogP contribution in [0.2, 0.25) is 13.3 Å². The van der Waals surface area contributed by atoms with Crippen LogP contribution in [0, 0.1) is 0 Å². The van der Waals surface area contributed by atoms with Crippen LogP contribution >= 0.6 is 0 Å². The molecule has 0 aromatic rings. The van der Waals surface area contributed by atoms with Gasteiger partial charge in [-0.15, -0.1) is 0 Å². The topological polar surface area (TPSA) is 26.3 Å². The molecule has 0 saturated heterocycles. The van der Waals surface area contributed by atoms with Crippen LogP contribution in [0.5, 0.6) is 0 Å². The molecule has 0 radical (unpaired) electrons. The summed E-state index contributed by atoms with van der Waals surface area (Å²) in [6, 6.07) is 0. The molecule has 0 fully saturated rings. The summed E-state index contributed by atoms with van der Waals surface area (Å²) in [6.07, 6.45) is 37.6. The van der Waals surface area contributed by atoms with E-state index in [2.05, 4.69) is 40.7 Å². The first-order chi connectivity index (χ1) is 20.5. The van der Waals surface area contributed by atoms with Gasteiger partial charge in [0.15, 0.2) is 0 Å². The maximum absolute atomic E-state index is 12.5. The fourth-order valence-electron chi connectivity index (χ4n) is 6.87. The Hall–Kier alpha value is 0.00870. The van der Waals surface area contributed by atoms with E-state index >= 15 is 0 Å². The van der Waals surface area contributed by atoms with E-state index in [1.165, 1.54) is 174 Å². The molecule has 0 aliphatic heterocycles. The summed E-state index contributed by atoms with van der Waals surface area (Å²) in [4.78, 5) is 12.5. The molecule has 0 heterocycles. The second-order valence-corrected chi connectivity index (χ2v) is 26.8. The van der Waals surface area contributed by atoms with E-state index in [4.69, 9.17) is 4.74 Å². The van der Waals surface area contributed by atoms with Crippen molar-refractivity contribution in [1.29, 1.82) is 0 Å². The molecule has 0 rings (SSSR count). The third kappa shape index (κ3) is 22.5. The average molecular weight is 698 g/mol. The van der Waals surface area contributed by atoms with E-state index in [0.717, 1.165) is 6.42 Å². The monoisotopic (exact) mass is 699 g/mol. The van der Waals surface area contributed by atoms with Crippen LogP contribution in [0.1, 0.15) is 208 Å². The summed E-state index contributed by atoms with van der Waals surface area (Å²) >= 11 is -2.70. The number of allylic oxidation sites excluding steroid dienone is 1. The molecule has 1 atom stereocenters. The number of carbonyl (C=O) groups excluding carboxylic acids is 1. The Labute approximate surface area is 270 Å². The van der Waals surface area contributed by atoms with Crippen molar-refractivity contribution in [2.75, 3.05) is 0 Å². The van der Waals surface area contributed by atoms with Crippen molar-refractivity contribution < 1.29 is 9.53 Å². The zero-order valence-corrected chi connectivity index (χ0v) is 32.8. The van der Waals surface area contributed by atoms with Gasteiger partial charge in [0.05, 0.1) is 0 Å². The van der Waals surface area contributed by atoms with E-state index in [9.17, 15) is 4.79 Å². The summed E-state index contributed by atoms with van der Waals surface area (Å²) in [5, 5.41) is 0. The number of carbonyl (C=O) groups is 1. The standard InChI is InChI=1S/C27H51O2.3C4H9.Sn/c1-4-6-8-10-12-13-14-15-16-17-18-19-21-23-25-27(29-26(3)28)24-22-20-11-9-7-5-2;3*1-3-4-2;/h23,27H,4-22,24H2,1-3H3;3*1,3-4H2,2H3;/t27-;;;;/m0..../s1. The Morgan fingerprint density at radius 2 is 0.881 bits per heavy atom. The van der Waals surface area contributed by atoms with Crippen LogP contribution in [-0.4, -0.2) is 30.5 Å². The van der Waals surface area contributed by atoms with E-state index in [1.807, 2.05) is 0 Å². The molecule has 0 saturated carbocycles. The van der Waals surface area contributed by atoms with Crippen molar-refractivity contribution in [3.63, 3.8) is 0 Å². The number of hydrogen-bond acceptors (Lipinski definition) is 2. The Balaban J connectivity index is 5.46. The molecule has 0 bridgehead atoms. The van der Waals surface area contributed by atoms with E-state index in [1.54, 1.807) is 10.5 Å². The van der Waals surface area contributed by atoms with Crippen molar-refractivity contribution in [2.24, 2.45) is 0 Å². The summed E-state index contributed by atoms with van der Waals surface area (Å²) < 4.78 is 12.4. The van der Waals surface area contributed by atoms with Crippen LogP contribution in [0.25, 0.3) is 0 Å². The molecule has 250 valence electrons. The molecule has 0 amide bonds. The minimum absolute atomic E-state index is 0.0624. The van der Waals surface area contributed by atoms with Gasteiger partial charge < -0.3 is 0 Å². The van der Waals surface area contributed by atoms with E-state index < -0.39 is 18.4 Å². The quantitative estimate of drug-likeness (QED) is 0.0397. The minimum atomic E-state index is -2.70. The van der Waals surface area contributed by atoms with Gasteiger partial charge in [-0.1, -0.05) is 26.2 Å². The molecule has 0 spiro atoms. The molecule has 0 N–H and O–H groups in total. The number of hydrogen-bond donors (Lipinski definition) is 0. The Morgan fingerprint density at radius 1 is 0.524 bits per heavy atom. The second kappa shape index (κ2) is 31.0.